The first-order chi connectivity index (χ1) is 26.0. The molecule has 6 aromatic carbocycles. The van der Waals surface area contributed by atoms with E-state index in [1.807, 2.05) is 0 Å². The standard InChI is InChI=1S/C52H51N/c1-52(2)49-29-24-41(37-14-8-4-9-15-37)32-47(49)48-33-46(39-16-10-5-11-17-39)51(34-50(48)52)53(43-25-20-38(21-26-43)36-12-6-3-7-13-36)44-27-22-40(23-28-44)45-31-35-18-19-42(45)30-35/h4-5,8-11,14-17,20-29,32-36,42,45H,3,6-7,12-13,18-19,30-31H2,1-2H3. The smallest absolute Gasteiger partial charge is 0.0543 e. The minimum Gasteiger partial charge on any atom is -0.310 e. The van der Waals surface area contributed by atoms with Crippen molar-refractivity contribution in [2.75, 3.05) is 4.90 Å². The van der Waals surface area contributed by atoms with Crippen LogP contribution >= 0.6 is 0 Å². The van der Waals surface area contributed by atoms with Gasteiger partial charge in [0.25, 0.3) is 0 Å². The third-order valence-corrected chi connectivity index (χ3v) is 13.8. The minimum absolute atomic E-state index is 0.133. The molecule has 0 N–H and O–H groups in total. The van der Waals surface area contributed by atoms with Crippen LogP contribution in [0.1, 0.15) is 106 Å². The molecule has 3 fully saturated rings. The maximum absolute atomic E-state index is 2.56. The molecule has 6 aromatic rings. The summed E-state index contributed by atoms with van der Waals surface area (Å²) in [7, 11) is 0. The highest BCUT2D eigenvalue weighted by Crippen LogP contribution is 2.55. The molecular weight excluding hydrogens is 639 g/mol. The quantitative estimate of drug-likeness (QED) is 0.161. The number of anilines is 3. The van der Waals surface area contributed by atoms with Crippen molar-refractivity contribution in [3.63, 3.8) is 0 Å². The topological polar surface area (TPSA) is 3.24 Å². The molecule has 264 valence electrons. The van der Waals surface area contributed by atoms with E-state index in [1.54, 1.807) is 0 Å². The third kappa shape index (κ3) is 5.75. The van der Waals surface area contributed by atoms with E-state index in [0.29, 0.717) is 5.92 Å². The highest BCUT2D eigenvalue weighted by atomic mass is 15.1. The second-order valence-electron chi connectivity index (χ2n) is 17.2. The molecule has 3 atom stereocenters. The van der Waals surface area contributed by atoms with Crippen LogP contribution in [0, 0.1) is 11.8 Å². The minimum atomic E-state index is -0.133. The fraction of sp³-hybridized carbons (Fsp3) is 0.308. The summed E-state index contributed by atoms with van der Waals surface area (Å²) in [5, 5.41) is 0. The van der Waals surface area contributed by atoms with Gasteiger partial charge in [0.1, 0.15) is 0 Å². The molecule has 53 heavy (non-hydrogen) atoms. The van der Waals surface area contributed by atoms with Crippen molar-refractivity contribution in [3.05, 3.63) is 162 Å². The van der Waals surface area contributed by atoms with Crippen molar-refractivity contribution in [1.82, 2.24) is 0 Å². The number of hydrogen-bond acceptors (Lipinski definition) is 1. The number of fused-ring (bicyclic) bond motifs is 5. The average Bonchev–Trinajstić information content (AvgIpc) is 3.92. The first-order valence-electron chi connectivity index (χ1n) is 20.5. The Morgan fingerprint density at radius 1 is 0.491 bits per heavy atom. The SMILES string of the molecule is CC1(C)c2ccc(-c3ccccc3)cc2-c2cc(-c3ccccc3)c(N(c3ccc(C4CCCCC4)cc3)c3ccc(C4CC5CCC4C5)cc3)cc21. The largest absolute Gasteiger partial charge is 0.310 e. The summed E-state index contributed by atoms with van der Waals surface area (Å²) < 4.78 is 0. The Morgan fingerprint density at radius 2 is 1.13 bits per heavy atom. The Labute approximate surface area is 316 Å². The van der Waals surface area contributed by atoms with E-state index in [4.69, 9.17) is 0 Å². The molecule has 4 aliphatic carbocycles. The van der Waals surface area contributed by atoms with E-state index in [2.05, 4.69) is 158 Å². The van der Waals surface area contributed by atoms with E-state index in [-0.39, 0.29) is 5.41 Å². The summed E-state index contributed by atoms with van der Waals surface area (Å²) >= 11 is 0. The van der Waals surface area contributed by atoms with Crippen molar-refractivity contribution in [1.29, 1.82) is 0 Å². The van der Waals surface area contributed by atoms with Crippen LogP contribution in [0.4, 0.5) is 17.1 Å². The first-order valence-corrected chi connectivity index (χ1v) is 20.5. The highest BCUT2D eigenvalue weighted by molar-refractivity contribution is 5.95. The van der Waals surface area contributed by atoms with Gasteiger partial charge in [0.15, 0.2) is 0 Å². The molecule has 0 saturated heterocycles. The molecule has 2 bridgehead atoms. The predicted molar refractivity (Wildman–Crippen MR) is 224 cm³/mol. The summed E-state index contributed by atoms with van der Waals surface area (Å²) in [5.41, 5.74) is 17.2. The molecule has 0 aliphatic heterocycles. The maximum atomic E-state index is 2.56. The van der Waals surface area contributed by atoms with Crippen LogP contribution < -0.4 is 4.90 Å². The molecule has 3 unspecified atom stereocenters. The van der Waals surface area contributed by atoms with Gasteiger partial charge in [-0.15, -0.1) is 0 Å². The lowest BCUT2D eigenvalue weighted by molar-refractivity contribution is 0.420. The van der Waals surface area contributed by atoms with Gasteiger partial charge < -0.3 is 4.90 Å². The third-order valence-electron chi connectivity index (χ3n) is 13.8. The van der Waals surface area contributed by atoms with Crippen molar-refractivity contribution in [2.24, 2.45) is 11.8 Å². The number of rotatable bonds is 7. The Hall–Kier alpha value is -4.88. The predicted octanol–water partition coefficient (Wildman–Crippen LogP) is 14.7. The fourth-order valence-electron chi connectivity index (χ4n) is 10.9. The monoisotopic (exact) mass is 689 g/mol. The number of hydrogen-bond donors (Lipinski definition) is 0. The Morgan fingerprint density at radius 3 is 1.77 bits per heavy atom. The average molecular weight is 690 g/mol. The van der Waals surface area contributed by atoms with E-state index in [1.165, 1.54) is 130 Å². The number of benzene rings is 6. The van der Waals surface area contributed by atoms with E-state index in [9.17, 15) is 0 Å². The van der Waals surface area contributed by atoms with Gasteiger partial charge in [-0.3, -0.25) is 0 Å². The highest BCUT2D eigenvalue weighted by Gasteiger charge is 2.40. The number of nitrogens with zero attached hydrogens (tertiary/aromatic N) is 1. The second kappa shape index (κ2) is 13.2. The van der Waals surface area contributed by atoms with Crippen LogP contribution in [-0.4, -0.2) is 0 Å². The van der Waals surface area contributed by atoms with Gasteiger partial charge in [0, 0.05) is 22.4 Å². The molecule has 0 radical (unpaired) electrons. The summed E-state index contributed by atoms with van der Waals surface area (Å²) in [4.78, 5) is 2.56. The molecule has 0 spiro atoms. The van der Waals surface area contributed by atoms with E-state index < -0.39 is 0 Å². The molecule has 1 heteroatoms. The molecule has 4 aliphatic rings. The summed E-state index contributed by atoms with van der Waals surface area (Å²) in [6.07, 6.45) is 12.4. The van der Waals surface area contributed by atoms with E-state index in [0.717, 1.165) is 17.8 Å². The van der Waals surface area contributed by atoms with Crippen LogP contribution in [-0.2, 0) is 5.41 Å². The molecule has 3 saturated carbocycles. The second-order valence-corrected chi connectivity index (χ2v) is 17.2. The van der Waals surface area contributed by atoms with Gasteiger partial charge in [-0.1, -0.05) is 137 Å². The van der Waals surface area contributed by atoms with Crippen LogP contribution in [0.5, 0.6) is 0 Å². The first kappa shape index (κ1) is 32.7. The van der Waals surface area contributed by atoms with Gasteiger partial charge in [-0.25, -0.2) is 0 Å². The van der Waals surface area contributed by atoms with Crippen molar-refractivity contribution in [3.8, 4) is 33.4 Å². The summed E-state index contributed by atoms with van der Waals surface area (Å²) in [5.74, 6) is 3.24. The van der Waals surface area contributed by atoms with Crippen LogP contribution in [0.25, 0.3) is 33.4 Å². The Bertz CT molecular complexity index is 2240. The molecule has 0 heterocycles. The lowest BCUT2D eigenvalue weighted by atomic mass is 9.81. The van der Waals surface area contributed by atoms with Gasteiger partial charge in [0.05, 0.1) is 5.69 Å². The zero-order valence-corrected chi connectivity index (χ0v) is 31.4. The molecule has 0 aromatic heterocycles. The van der Waals surface area contributed by atoms with Crippen molar-refractivity contribution in [2.45, 2.75) is 88.9 Å². The van der Waals surface area contributed by atoms with Crippen molar-refractivity contribution < 1.29 is 0 Å². The Kier molecular flexibility index (Phi) is 8.16. The Balaban J connectivity index is 1.14. The summed E-state index contributed by atoms with van der Waals surface area (Å²) in [6, 6.07) is 53.5. The van der Waals surface area contributed by atoms with Gasteiger partial charge >= 0.3 is 0 Å². The van der Waals surface area contributed by atoms with Crippen molar-refractivity contribution >= 4 is 17.1 Å². The van der Waals surface area contributed by atoms with Crippen LogP contribution in [0.3, 0.4) is 0 Å². The zero-order chi connectivity index (χ0) is 35.5. The van der Waals surface area contributed by atoms with Crippen LogP contribution in [0.2, 0.25) is 0 Å². The molecular formula is C52H51N. The maximum Gasteiger partial charge on any atom is 0.0543 e. The van der Waals surface area contributed by atoms with Gasteiger partial charge in [0.2, 0.25) is 0 Å². The lowest BCUT2D eigenvalue weighted by Gasteiger charge is -2.31. The van der Waals surface area contributed by atoms with Gasteiger partial charge in [-0.05, 0) is 148 Å². The molecule has 10 rings (SSSR count). The normalized spacial score (nSPS) is 21.4. The molecule has 0 amide bonds. The summed E-state index contributed by atoms with van der Waals surface area (Å²) in [6.45, 7) is 4.83. The fourth-order valence-corrected chi connectivity index (χ4v) is 10.9. The van der Waals surface area contributed by atoms with Gasteiger partial charge in [-0.2, -0.15) is 0 Å². The van der Waals surface area contributed by atoms with E-state index >= 15 is 0 Å². The molecule has 1 nitrogen and oxygen atoms in total. The lowest BCUT2D eigenvalue weighted by Crippen LogP contribution is -2.17. The zero-order valence-electron chi connectivity index (χ0n) is 31.4. The van der Waals surface area contributed by atoms with Crippen LogP contribution in [0.15, 0.2) is 140 Å².